The van der Waals surface area contributed by atoms with Crippen molar-refractivity contribution in [2.75, 3.05) is 25.6 Å². The van der Waals surface area contributed by atoms with Crippen molar-refractivity contribution in [1.82, 2.24) is 5.32 Å². The summed E-state index contributed by atoms with van der Waals surface area (Å²) in [5, 5.41) is 5.43. The number of aryl methyl sites for hydroxylation is 1. The quantitative estimate of drug-likeness (QED) is 0.773. The number of hydrogen-bond donors (Lipinski definition) is 2. The number of methoxy groups -OCH3 is 1. The Kier molecular flexibility index (Phi) is 5.93. The molecule has 0 fully saturated rings. The maximum atomic E-state index is 12.5. The molecule has 0 spiro atoms. The van der Waals surface area contributed by atoms with Gasteiger partial charge in [0.2, 0.25) is 5.91 Å². The lowest BCUT2D eigenvalue weighted by molar-refractivity contribution is -0.141. The van der Waals surface area contributed by atoms with E-state index in [1.807, 2.05) is 31.2 Å². The molecule has 2 aromatic rings. The maximum absolute atomic E-state index is 12.5. The smallest absolute Gasteiger partial charge is 0.325 e. The summed E-state index contributed by atoms with van der Waals surface area (Å²) in [6.45, 7) is 1.94. The lowest BCUT2D eigenvalue weighted by Gasteiger charge is -2.25. The second kappa shape index (κ2) is 8.56. The van der Waals surface area contributed by atoms with Crippen LogP contribution in [0.4, 0.5) is 5.69 Å². The van der Waals surface area contributed by atoms with Crippen LogP contribution in [0, 0.1) is 12.8 Å². The van der Waals surface area contributed by atoms with E-state index in [4.69, 9.17) is 4.74 Å². The molecule has 2 aromatic carbocycles. The second-order valence-electron chi connectivity index (χ2n) is 6.60. The van der Waals surface area contributed by atoms with E-state index in [1.165, 1.54) is 7.11 Å². The molecule has 0 aliphatic carbocycles. The standard InChI is InChI=1S/C21H22N2O5/c1-13-5-3-4-6-17(13)21(26)23-16-7-8-18-14(10-16)9-15(12-28-18)20(25)22-11-19(24)27-2/h3-8,10,15H,9,11-12H2,1-2H3,(H,22,25)(H,23,26). The normalized spacial score (nSPS) is 15.0. The average Bonchev–Trinajstić information content (AvgIpc) is 2.71. The number of esters is 1. The molecule has 7 nitrogen and oxygen atoms in total. The van der Waals surface area contributed by atoms with Crippen LogP contribution in [0.15, 0.2) is 42.5 Å². The fraction of sp³-hybridized carbons (Fsp3) is 0.286. The minimum Gasteiger partial charge on any atom is -0.492 e. The fourth-order valence-electron chi connectivity index (χ4n) is 3.04. The lowest BCUT2D eigenvalue weighted by Crippen LogP contribution is -2.39. The molecule has 2 amide bonds. The SMILES string of the molecule is COC(=O)CNC(=O)C1COc2ccc(NC(=O)c3ccccc3C)cc2C1. The van der Waals surface area contributed by atoms with Crippen molar-refractivity contribution < 1.29 is 23.9 Å². The first-order valence-corrected chi connectivity index (χ1v) is 8.95. The van der Waals surface area contributed by atoms with E-state index >= 15 is 0 Å². The Hall–Kier alpha value is -3.35. The first-order valence-electron chi connectivity index (χ1n) is 8.95. The molecule has 1 unspecified atom stereocenters. The van der Waals surface area contributed by atoms with Crippen LogP contribution in [0.2, 0.25) is 0 Å². The number of benzene rings is 2. The number of amides is 2. The Morgan fingerprint density at radius 3 is 2.71 bits per heavy atom. The molecule has 146 valence electrons. The summed E-state index contributed by atoms with van der Waals surface area (Å²) in [5.74, 6) is -0.704. The highest BCUT2D eigenvalue weighted by molar-refractivity contribution is 6.05. The van der Waals surface area contributed by atoms with Crippen molar-refractivity contribution >= 4 is 23.5 Å². The van der Waals surface area contributed by atoms with Crippen molar-refractivity contribution in [1.29, 1.82) is 0 Å². The van der Waals surface area contributed by atoms with Gasteiger partial charge in [0, 0.05) is 11.3 Å². The summed E-state index contributed by atoms with van der Waals surface area (Å²) in [5.41, 5.74) is 2.96. The van der Waals surface area contributed by atoms with Gasteiger partial charge in [-0.3, -0.25) is 14.4 Å². The Balaban J connectivity index is 1.67. The van der Waals surface area contributed by atoms with Gasteiger partial charge in [-0.1, -0.05) is 18.2 Å². The molecule has 0 saturated heterocycles. The molecule has 7 heteroatoms. The van der Waals surface area contributed by atoms with E-state index < -0.39 is 11.9 Å². The van der Waals surface area contributed by atoms with Crippen molar-refractivity contribution in [2.24, 2.45) is 5.92 Å². The number of nitrogens with one attached hydrogen (secondary N) is 2. The van der Waals surface area contributed by atoms with E-state index in [9.17, 15) is 14.4 Å². The largest absolute Gasteiger partial charge is 0.492 e. The number of rotatable bonds is 5. The molecule has 0 saturated carbocycles. The van der Waals surface area contributed by atoms with Gasteiger partial charge < -0.3 is 20.1 Å². The lowest BCUT2D eigenvalue weighted by atomic mass is 9.95. The van der Waals surface area contributed by atoms with Crippen molar-refractivity contribution in [3.8, 4) is 5.75 Å². The van der Waals surface area contributed by atoms with E-state index in [0.29, 0.717) is 23.4 Å². The Labute approximate surface area is 163 Å². The van der Waals surface area contributed by atoms with Crippen LogP contribution in [-0.4, -0.2) is 38.0 Å². The highest BCUT2D eigenvalue weighted by atomic mass is 16.5. The van der Waals surface area contributed by atoms with Crippen molar-refractivity contribution in [3.63, 3.8) is 0 Å². The molecule has 2 N–H and O–H groups in total. The van der Waals surface area contributed by atoms with Gasteiger partial charge >= 0.3 is 5.97 Å². The second-order valence-corrected chi connectivity index (χ2v) is 6.60. The molecule has 0 radical (unpaired) electrons. The van der Waals surface area contributed by atoms with Crippen LogP contribution in [0.3, 0.4) is 0 Å². The number of carbonyl (C=O) groups is 3. The third-order valence-electron chi connectivity index (χ3n) is 4.62. The predicted molar refractivity (Wildman–Crippen MR) is 103 cm³/mol. The van der Waals surface area contributed by atoms with E-state index in [-0.39, 0.29) is 25.0 Å². The van der Waals surface area contributed by atoms with Crippen LogP contribution in [0.1, 0.15) is 21.5 Å². The zero-order valence-corrected chi connectivity index (χ0v) is 15.8. The van der Waals surface area contributed by atoms with Crippen LogP contribution in [-0.2, 0) is 20.7 Å². The van der Waals surface area contributed by atoms with Gasteiger partial charge in [-0.05, 0) is 48.7 Å². The minimum atomic E-state index is -0.508. The number of hydrogen-bond acceptors (Lipinski definition) is 5. The van der Waals surface area contributed by atoms with Gasteiger partial charge in [0.05, 0.1) is 13.0 Å². The van der Waals surface area contributed by atoms with Gasteiger partial charge in [-0.25, -0.2) is 0 Å². The molecule has 1 aliphatic heterocycles. The topological polar surface area (TPSA) is 93.7 Å². The number of carbonyl (C=O) groups excluding carboxylic acids is 3. The van der Waals surface area contributed by atoms with Gasteiger partial charge in [0.1, 0.15) is 18.9 Å². The van der Waals surface area contributed by atoms with Gasteiger partial charge in [-0.15, -0.1) is 0 Å². The molecule has 0 aromatic heterocycles. The summed E-state index contributed by atoms with van der Waals surface area (Å²) in [4.78, 5) is 35.9. The summed E-state index contributed by atoms with van der Waals surface area (Å²) >= 11 is 0. The molecule has 3 rings (SSSR count). The summed E-state index contributed by atoms with van der Waals surface area (Å²) in [7, 11) is 1.27. The summed E-state index contributed by atoms with van der Waals surface area (Å²) in [6, 6.07) is 12.7. The molecule has 1 heterocycles. The predicted octanol–water partition coefficient (Wildman–Crippen LogP) is 2.09. The van der Waals surface area contributed by atoms with Crippen LogP contribution in [0.25, 0.3) is 0 Å². The van der Waals surface area contributed by atoms with Gasteiger partial charge in [0.15, 0.2) is 0 Å². The Bertz CT molecular complexity index is 909. The summed E-state index contributed by atoms with van der Waals surface area (Å²) in [6.07, 6.45) is 0.455. The third kappa shape index (κ3) is 4.49. The van der Waals surface area contributed by atoms with Gasteiger partial charge in [0.25, 0.3) is 5.91 Å². The monoisotopic (exact) mass is 382 g/mol. The Morgan fingerprint density at radius 1 is 1.18 bits per heavy atom. The van der Waals surface area contributed by atoms with Crippen LogP contribution < -0.4 is 15.4 Å². The fourth-order valence-corrected chi connectivity index (χ4v) is 3.04. The van der Waals surface area contributed by atoms with Crippen LogP contribution in [0.5, 0.6) is 5.75 Å². The molecule has 1 aliphatic rings. The number of ether oxygens (including phenoxy) is 2. The zero-order valence-electron chi connectivity index (χ0n) is 15.8. The summed E-state index contributed by atoms with van der Waals surface area (Å²) < 4.78 is 10.2. The number of fused-ring (bicyclic) bond motifs is 1. The maximum Gasteiger partial charge on any atom is 0.325 e. The molecular formula is C21H22N2O5. The van der Waals surface area contributed by atoms with Crippen molar-refractivity contribution in [2.45, 2.75) is 13.3 Å². The molecule has 1 atom stereocenters. The van der Waals surface area contributed by atoms with Gasteiger partial charge in [-0.2, -0.15) is 0 Å². The van der Waals surface area contributed by atoms with E-state index in [1.54, 1.807) is 18.2 Å². The average molecular weight is 382 g/mol. The van der Waals surface area contributed by atoms with E-state index in [0.717, 1.165) is 11.1 Å². The molecular weight excluding hydrogens is 360 g/mol. The van der Waals surface area contributed by atoms with Crippen LogP contribution >= 0.6 is 0 Å². The highest BCUT2D eigenvalue weighted by Crippen LogP contribution is 2.30. The molecule has 0 bridgehead atoms. The zero-order chi connectivity index (χ0) is 20.1. The minimum absolute atomic E-state index is 0.175. The number of anilines is 1. The Morgan fingerprint density at radius 2 is 1.96 bits per heavy atom. The first-order chi connectivity index (χ1) is 13.5. The molecule has 28 heavy (non-hydrogen) atoms. The third-order valence-corrected chi connectivity index (χ3v) is 4.62. The first kappa shape index (κ1) is 19.4. The highest BCUT2D eigenvalue weighted by Gasteiger charge is 2.26. The van der Waals surface area contributed by atoms with Crippen molar-refractivity contribution in [3.05, 3.63) is 59.2 Å². The van der Waals surface area contributed by atoms with E-state index in [2.05, 4.69) is 15.4 Å².